The number of nitrogens with zero attached hydrogens (tertiary/aromatic N) is 1. The molecule has 0 spiro atoms. The van der Waals surface area contributed by atoms with Crippen LogP contribution in [-0.2, 0) is 14.6 Å². The number of sulfone groups is 1. The Bertz CT molecular complexity index is 1040. The molecule has 0 bridgehead atoms. The molecule has 0 unspecified atom stereocenters. The van der Waals surface area contributed by atoms with Gasteiger partial charge in [0.1, 0.15) is 21.7 Å². The number of hydrazine groups is 1. The zero-order valence-corrected chi connectivity index (χ0v) is 16.9. The SMILES string of the molecule is COc1ccc(OC)c2sc(NNC(=O)CCS(=O)(=O)c3ccccc3)nc12. The Hall–Kier alpha value is -2.85. The van der Waals surface area contributed by atoms with Crippen molar-refractivity contribution < 1.29 is 22.7 Å². The number of fused-ring (bicyclic) bond motifs is 1. The number of hydrogen-bond donors (Lipinski definition) is 2. The Morgan fingerprint density at radius 2 is 1.75 bits per heavy atom. The highest BCUT2D eigenvalue weighted by Gasteiger charge is 2.17. The van der Waals surface area contributed by atoms with Crippen molar-refractivity contribution in [3.05, 3.63) is 42.5 Å². The van der Waals surface area contributed by atoms with Crippen LogP contribution in [0.5, 0.6) is 11.5 Å². The minimum absolute atomic E-state index is 0.179. The zero-order valence-electron chi connectivity index (χ0n) is 15.3. The number of nitrogens with one attached hydrogen (secondary N) is 2. The molecule has 8 nitrogen and oxygen atoms in total. The van der Waals surface area contributed by atoms with Gasteiger partial charge in [-0.05, 0) is 24.3 Å². The van der Waals surface area contributed by atoms with Crippen molar-refractivity contribution in [2.45, 2.75) is 11.3 Å². The second-order valence-corrected chi connectivity index (χ2v) is 8.83. The van der Waals surface area contributed by atoms with Crippen LogP contribution in [0.15, 0.2) is 47.4 Å². The molecule has 10 heteroatoms. The molecular weight excluding hydrogens is 402 g/mol. The number of thiazole rings is 1. The molecule has 2 N–H and O–H groups in total. The molecule has 148 valence electrons. The van der Waals surface area contributed by atoms with Gasteiger partial charge in [0.05, 0.1) is 24.9 Å². The van der Waals surface area contributed by atoms with Gasteiger partial charge < -0.3 is 9.47 Å². The first-order chi connectivity index (χ1) is 13.4. The Kier molecular flexibility index (Phi) is 6.00. The first kappa shape index (κ1) is 19.9. The number of hydrogen-bond acceptors (Lipinski definition) is 8. The largest absolute Gasteiger partial charge is 0.495 e. The second-order valence-electron chi connectivity index (χ2n) is 5.72. The fourth-order valence-corrected chi connectivity index (χ4v) is 4.69. The van der Waals surface area contributed by atoms with E-state index in [-0.39, 0.29) is 17.1 Å². The first-order valence-corrected chi connectivity index (χ1v) is 10.8. The van der Waals surface area contributed by atoms with Crippen LogP contribution in [0.1, 0.15) is 6.42 Å². The summed E-state index contributed by atoms with van der Waals surface area (Å²) in [6.07, 6.45) is -0.179. The summed E-state index contributed by atoms with van der Waals surface area (Å²) in [6.45, 7) is 0. The van der Waals surface area contributed by atoms with E-state index in [2.05, 4.69) is 15.8 Å². The third kappa shape index (κ3) is 4.34. The molecule has 0 atom stereocenters. The van der Waals surface area contributed by atoms with E-state index in [1.165, 1.54) is 23.5 Å². The lowest BCUT2D eigenvalue weighted by Gasteiger charge is -2.06. The fourth-order valence-electron chi connectivity index (χ4n) is 2.50. The summed E-state index contributed by atoms with van der Waals surface area (Å²) >= 11 is 1.28. The molecule has 1 aromatic heterocycles. The molecule has 0 radical (unpaired) electrons. The van der Waals surface area contributed by atoms with Crippen molar-refractivity contribution in [2.75, 3.05) is 25.4 Å². The predicted octanol–water partition coefficient (Wildman–Crippen LogP) is 2.62. The minimum atomic E-state index is -3.51. The van der Waals surface area contributed by atoms with Crippen LogP contribution in [0.3, 0.4) is 0 Å². The quantitative estimate of drug-likeness (QED) is 0.539. The number of anilines is 1. The molecule has 0 fully saturated rings. The lowest BCUT2D eigenvalue weighted by atomic mass is 10.3. The van der Waals surface area contributed by atoms with Crippen molar-refractivity contribution >= 4 is 42.4 Å². The average molecular weight is 422 g/mol. The molecule has 0 aliphatic heterocycles. The zero-order chi connectivity index (χ0) is 20.1. The summed E-state index contributed by atoms with van der Waals surface area (Å²) in [4.78, 5) is 16.6. The molecule has 0 aliphatic carbocycles. The number of rotatable bonds is 8. The van der Waals surface area contributed by atoms with Gasteiger partial charge in [-0.2, -0.15) is 0 Å². The highest BCUT2D eigenvalue weighted by atomic mass is 32.2. The van der Waals surface area contributed by atoms with Crippen LogP contribution in [0, 0.1) is 0 Å². The lowest BCUT2D eigenvalue weighted by Crippen LogP contribution is -2.30. The maximum atomic E-state index is 12.2. The van der Waals surface area contributed by atoms with Crippen molar-refractivity contribution in [1.82, 2.24) is 10.4 Å². The summed E-state index contributed by atoms with van der Waals surface area (Å²) in [7, 11) is -0.409. The third-order valence-corrected chi connectivity index (χ3v) is 6.64. The molecule has 0 aliphatic rings. The maximum Gasteiger partial charge on any atom is 0.239 e. The van der Waals surface area contributed by atoms with Crippen molar-refractivity contribution in [3.8, 4) is 11.5 Å². The monoisotopic (exact) mass is 421 g/mol. The van der Waals surface area contributed by atoms with E-state index < -0.39 is 15.7 Å². The minimum Gasteiger partial charge on any atom is -0.495 e. The van der Waals surface area contributed by atoms with Crippen LogP contribution in [0.4, 0.5) is 5.13 Å². The second kappa shape index (κ2) is 8.44. The van der Waals surface area contributed by atoms with E-state index in [0.717, 1.165) is 4.70 Å². The molecule has 0 saturated heterocycles. The van der Waals surface area contributed by atoms with E-state index in [1.807, 2.05) is 0 Å². The van der Waals surface area contributed by atoms with E-state index in [1.54, 1.807) is 44.6 Å². The Morgan fingerprint density at radius 1 is 1.07 bits per heavy atom. The van der Waals surface area contributed by atoms with Gasteiger partial charge in [0.15, 0.2) is 9.84 Å². The number of ether oxygens (including phenoxy) is 2. The summed E-state index contributed by atoms with van der Waals surface area (Å²) < 4.78 is 35.8. The number of aromatic nitrogens is 1. The molecule has 3 aromatic rings. The molecule has 28 heavy (non-hydrogen) atoms. The third-order valence-electron chi connectivity index (χ3n) is 3.92. The van der Waals surface area contributed by atoms with Gasteiger partial charge >= 0.3 is 0 Å². The normalized spacial score (nSPS) is 11.2. The van der Waals surface area contributed by atoms with Crippen molar-refractivity contribution in [1.29, 1.82) is 0 Å². The van der Waals surface area contributed by atoms with Crippen LogP contribution in [0.2, 0.25) is 0 Å². The molecule has 2 aromatic carbocycles. The number of carbonyl (C=O) groups is 1. The fraction of sp³-hybridized carbons (Fsp3) is 0.222. The van der Waals surface area contributed by atoms with E-state index in [0.29, 0.717) is 22.1 Å². The van der Waals surface area contributed by atoms with E-state index >= 15 is 0 Å². The number of amides is 1. The van der Waals surface area contributed by atoms with Gasteiger partial charge in [-0.3, -0.25) is 15.6 Å². The Morgan fingerprint density at radius 3 is 2.43 bits per heavy atom. The van der Waals surface area contributed by atoms with Crippen molar-refractivity contribution in [2.24, 2.45) is 0 Å². The Labute approximate surface area is 166 Å². The van der Waals surface area contributed by atoms with Gasteiger partial charge in [0.25, 0.3) is 0 Å². The standard InChI is InChI=1S/C18H19N3O5S2/c1-25-13-8-9-14(26-2)17-16(13)19-18(27-17)21-20-15(22)10-11-28(23,24)12-6-4-3-5-7-12/h3-9H,10-11H2,1-2H3,(H,19,21)(H,20,22). The number of methoxy groups -OCH3 is 2. The highest BCUT2D eigenvalue weighted by Crippen LogP contribution is 2.38. The Balaban J connectivity index is 1.63. The van der Waals surface area contributed by atoms with Gasteiger partial charge in [0, 0.05) is 6.42 Å². The van der Waals surface area contributed by atoms with Gasteiger partial charge in [0.2, 0.25) is 11.0 Å². The highest BCUT2D eigenvalue weighted by molar-refractivity contribution is 7.91. The lowest BCUT2D eigenvalue weighted by molar-refractivity contribution is -0.120. The van der Waals surface area contributed by atoms with Gasteiger partial charge in [-0.15, -0.1) is 0 Å². The summed E-state index contributed by atoms with van der Waals surface area (Å²) in [5, 5.41) is 0.428. The maximum absolute atomic E-state index is 12.2. The molecule has 1 heterocycles. The topological polar surface area (TPSA) is 107 Å². The number of carbonyl (C=O) groups excluding carboxylic acids is 1. The van der Waals surface area contributed by atoms with Crippen LogP contribution >= 0.6 is 11.3 Å². The van der Waals surface area contributed by atoms with Crippen LogP contribution in [0.25, 0.3) is 10.2 Å². The molecule has 1 amide bonds. The molecular formula is C18H19N3O5S2. The molecule has 3 rings (SSSR count). The summed E-state index contributed by atoms with van der Waals surface area (Å²) in [6, 6.07) is 11.6. The first-order valence-electron chi connectivity index (χ1n) is 8.29. The van der Waals surface area contributed by atoms with E-state index in [9.17, 15) is 13.2 Å². The van der Waals surface area contributed by atoms with E-state index in [4.69, 9.17) is 9.47 Å². The van der Waals surface area contributed by atoms with Crippen LogP contribution in [-0.4, -0.2) is 39.3 Å². The number of benzene rings is 2. The summed E-state index contributed by atoms with van der Waals surface area (Å²) in [5.41, 5.74) is 5.79. The predicted molar refractivity (Wildman–Crippen MR) is 108 cm³/mol. The average Bonchev–Trinajstić information content (AvgIpc) is 3.15. The smallest absolute Gasteiger partial charge is 0.239 e. The molecule has 0 saturated carbocycles. The van der Waals surface area contributed by atoms with Gasteiger partial charge in [-0.25, -0.2) is 13.4 Å². The van der Waals surface area contributed by atoms with Gasteiger partial charge in [-0.1, -0.05) is 29.5 Å². The summed E-state index contributed by atoms with van der Waals surface area (Å²) in [5.74, 6) is 0.478. The van der Waals surface area contributed by atoms with Crippen molar-refractivity contribution in [3.63, 3.8) is 0 Å². The van der Waals surface area contributed by atoms with Crippen LogP contribution < -0.4 is 20.3 Å².